The molecule has 1 N–H and O–H groups in total. The van der Waals surface area contributed by atoms with Gasteiger partial charge < -0.3 is 5.11 Å². The van der Waals surface area contributed by atoms with Crippen molar-refractivity contribution in [1.82, 2.24) is 9.97 Å². The first kappa shape index (κ1) is 13.1. The zero-order valence-corrected chi connectivity index (χ0v) is 10.6. The summed E-state index contributed by atoms with van der Waals surface area (Å²) in [4.78, 5) is 19.2. The molecule has 0 saturated heterocycles. The first-order valence-corrected chi connectivity index (χ1v) is 5.82. The van der Waals surface area contributed by atoms with Crippen LogP contribution < -0.4 is 0 Å². The quantitative estimate of drug-likeness (QED) is 0.921. The van der Waals surface area contributed by atoms with Crippen LogP contribution in [0.3, 0.4) is 0 Å². The number of rotatable bonds is 3. The van der Waals surface area contributed by atoms with Crippen LogP contribution in [0.15, 0.2) is 30.3 Å². The number of carboxylic acids is 1. The monoisotopic (exact) mass is 260 g/mol. The molecule has 1 aromatic heterocycles. The predicted octanol–water partition coefficient (Wildman–Crippen LogP) is 2.78. The Balaban J connectivity index is 2.54. The van der Waals surface area contributed by atoms with Crippen molar-refractivity contribution < 1.29 is 14.3 Å². The van der Waals surface area contributed by atoms with E-state index in [4.69, 9.17) is 5.11 Å². The highest BCUT2D eigenvalue weighted by Crippen LogP contribution is 2.23. The minimum absolute atomic E-state index is 0.186. The molecule has 0 amide bonds. The van der Waals surface area contributed by atoms with E-state index in [1.807, 2.05) is 0 Å². The minimum Gasteiger partial charge on any atom is -0.481 e. The zero-order chi connectivity index (χ0) is 14.0. The van der Waals surface area contributed by atoms with Gasteiger partial charge in [-0.3, -0.25) is 4.79 Å². The number of aryl methyl sites for hydroxylation is 1. The highest BCUT2D eigenvalue weighted by molar-refractivity contribution is 5.74. The molecule has 0 aliphatic rings. The molecule has 0 aliphatic carbocycles. The molecule has 1 heterocycles. The van der Waals surface area contributed by atoms with Crippen molar-refractivity contribution >= 4 is 5.97 Å². The Hall–Kier alpha value is -2.30. The molecule has 0 saturated carbocycles. The summed E-state index contributed by atoms with van der Waals surface area (Å²) in [5.74, 6) is -2.05. The molecule has 0 spiro atoms. The fourth-order valence-electron chi connectivity index (χ4n) is 1.70. The predicted molar refractivity (Wildman–Crippen MR) is 68.2 cm³/mol. The molecular weight excluding hydrogens is 247 g/mol. The van der Waals surface area contributed by atoms with Crippen LogP contribution in [0.1, 0.15) is 24.4 Å². The summed E-state index contributed by atoms with van der Waals surface area (Å²) >= 11 is 0. The number of aliphatic carboxylic acids is 1. The van der Waals surface area contributed by atoms with Gasteiger partial charge in [-0.2, -0.15) is 0 Å². The SMILES string of the molecule is Cc1cc(-c2ccccc2F)nc(C(C)C(=O)O)n1. The molecule has 0 fully saturated rings. The van der Waals surface area contributed by atoms with Gasteiger partial charge in [0.1, 0.15) is 17.6 Å². The third-order valence-corrected chi connectivity index (χ3v) is 2.78. The standard InChI is InChI=1S/C14H13FN2O2/c1-8-7-12(10-5-3-4-6-11(10)15)17-13(16-8)9(2)14(18)19/h3-7,9H,1-2H3,(H,18,19). The molecule has 1 unspecified atom stereocenters. The van der Waals surface area contributed by atoms with E-state index in [0.717, 1.165) is 0 Å². The average molecular weight is 260 g/mol. The Bertz CT molecular complexity index is 629. The smallest absolute Gasteiger partial charge is 0.313 e. The van der Waals surface area contributed by atoms with E-state index in [2.05, 4.69) is 9.97 Å². The van der Waals surface area contributed by atoms with E-state index in [-0.39, 0.29) is 5.82 Å². The van der Waals surface area contributed by atoms with Crippen LogP contribution in [0, 0.1) is 12.7 Å². The normalized spacial score (nSPS) is 12.2. The maximum absolute atomic E-state index is 13.7. The van der Waals surface area contributed by atoms with E-state index < -0.39 is 17.7 Å². The molecule has 1 atom stereocenters. The molecule has 0 bridgehead atoms. The first-order chi connectivity index (χ1) is 8.99. The van der Waals surface area contributed by atoms with Gasteiger partial charge >= 0.3 is 5.97 Å². The number of halogens is 1. The number of hydrogen-bond acceptors (Lipinski definition) is 3. The van der Waals surface area contributed by atoms with Gasteiger partial charge in [0, 0.05) is 11.3 Å². The molecule has 0 aliphatic heterocycles. The van der Waals surface area contributed by atoms with E-state index in [0.29, 0.717) is 17.0 Å². The Morgan fingerprint density at radius 1 is 1.32 bits per heavy atom. The zero-order valence-electron chi connectivity index (χ0n) is 10.6. The van der Waals surface area contributed by atoms with Crippen molar-refractivity contribution in [3.8, 4) is 11.3 Å². The van der Waals surface area contributed by atoms with Crippen LogP contribution in [0.2, 0.25) is 0 Å². The molecule has 2 aromatic rings. The van der Waals surface area contributed by atoms with Gasteiger partial charge in [0.25, 0.3) is 0 Å². The van der Waals surface area contributed by atoms with Crippen molar-refractivity contribution in [2.45, 2.75) is 19.8 Å². The Kier molecular flexibility index (Phi) is 3.55. The molecule has 5 heteroatoms. The topological polar surface area (TPSA) is 63.1 Å². The molecule has 4 nitrogen and oxygen atoms in total. The highest BCUT2D eigenvalue weighted by atomic mass is 19.1. The lowest BCUT2D eigenvalue weighted by Crippen LogP contribution is -2.12. The molecule has 1 aromatic carbocycles. The van der Waals surface area contributed by atoms with Gasteiger partial charge in [-0.1, -0.05) is 12.1 Å². The van der Waals surface area contributed by atoms with Crippen LogP contribution in [0.5, 0.6) is 0 Å². The van der Waals surface area contributed by atoms with Crippen LogP contribution in [-0.2, 0) is 4.79 Å². The van der Waals surface area contributed by atoms with Gasteiger partial charge in [0.15, 0.2) is 0 Å². The van der Waals surface area contributed by atoms with E-state index in [1.54, 1.807) is 31.2 Å². The first-order valence-electron chi connectivity index (χ1n) is 5.82. The number of carboxylic acid groups (broad SMARTS) is 1. The lowest BCUT2D eigenvalue weighted by molar-refractivity contribution is -0.138. The third-order valence-electron chi connectivity index (χ3n) is 2.78. The second-order valence-corrected chi connectivity index (χ2v) is 4.29. The van der Waals surface area contributed by atoms with Crippen molar-refractivity contribution in [3.05, 3.63) is 47.7 Å². The maximum atomic E-state index is 13.7. The van der Waals surface area contributed by atoms with Gasteiger partial charge in [-0.15, -0.1) is 0 Å². The number of carbonyl (C=O) groups is 1. The average Bonchev–Trinajstić information content (AvgIpc) is 2.37. The van der Waals surface area contributed by atoms with Crippen molar-refractivity contribution in [2.75, 3.05) is 0 Å². The van der Waals surface area contributed by atoms with E-state index >= 15 is 0 Å². The summed E-state index contributed by atoms with van der Waals surface area (Å²) in [6.07, 6.45) is 0. The Morgan fingerprint density at radius 3 is 2.63 bits per heavy atom. The van der Waals surface area contributed by atoms with Gasteiger partial charge in [0.05, 0.1) is 5.69 Å². The maximum Gasteiger partial charge on any atom is 0.313 e. The Labute approximate surface area is 110 Å². The van der Waals surface area contributed by atoms with Crippen molar-refractivity contribution in [1.29, 1.82) is 0 Å². The third kappa shape index (κ3) is 2.76. The molecule has 0 radical (unpaired) electrons. The summed E-state index contributed by atoms with van der Waals surface area (Å²) in [5.41, 5.74) is 1.34. The molecular formula is C14H13FN2O2. The van der Waals surface area contributed by atoms with Crippen LogP contribution in [-0.4, -0.2) is 21.0 Å². The van der Waals surface area contributed by atoms with Crippen molar-refractivity contribution in [3.63, 3.8) is 0 Å². The largest absolute Gasteiger partial charge is 0.481 e. The number of aromatic nitrogens is 2. The van der Waals surface area contributed by atoms with Crippen LogP contribution in [0.25, 0.3) is 11.3 Å². The van der Waals surface area contributed by atoms with Crippen molar-refractivity contribution in [2.24, 2.45) is 0 Å². The summed E-state index contributed by atoms with van der Waals surface area (Å²) in [7, 11) is 0. The number of nitrogens with zero attached hydrogens (tertiary/aromatic N) is 2. The number of benzene rings is 1. The molecule has 19 heavy (non-hydrogen) atoms. The lowest BCUT2D eigenvalue weighted by atomic mass is 10.1. The highest BCUT2D eigenvalue weighted by Gasteiger charge is 2.18. The van der Waals surface area contributed by atoms with Crippen LogP contribution >= 0.6 is 0 Å². The fourth-order valence-corrected chi connectivity index (χ4v) is 1.70. The fraction of sp³-hybridized carbons (Fsp3) is 0.214. The second kappa shape index (κ2) is 5.14. The van der Waals surface area contributed by atoms with Gasteiger partial charge in [-0.05, 0) is 32.0 Å². The summed E-state index contributed by atoms with van der Waals surface area (Å²) < 4.78 is 13.7. The minimum atomic E-state index is -1.01. The summed E-state index contributed by atoms with van der Waals surface area (Å²) in [6, 6.07) is 7.87. The summed E-state index contributed by atoms with van der Waals surface area (Å²) in [5, 5.41) is 8.99. The second-order valence-electron chi connectivity index (χ2n) is 4.29. The van der Waals surface area contributed by atoms with Gasteiger partial charge in [-0.25, -0.2) is 14.4 Å². The Morgan fingerprint density at radius 2 is 2.00 bits per heavy atom. The van der Waals surface area contributed by atoms with Gasteiger partial charge in [0.2, 0.25) is 0 Å². The van der Waals surface area contributed by atoms with E-state index in [1.165, 1.54) is 13.0 Å². The molecule has 98 valence electrons. The number of hydrogen-bond donors (Lipinski definition) is 1. The van der Waals surface area contributed by atoms with Crippen LogP contribution in [0.4, 0.5) is 4.39 Å². The molecule has 2 rings (SSSR count). The summed E-state index contributed by atoms with van der Waals surface area (Å²) in [6.45, 7) is 3.23. The lowest BCUT2D eigenvalue weighted by Gasteiger charge is -2.09. The van der Waals surface area contributed by atoms with E-state index in [9.17, 15) is 9.18 Å².